The third-order valence-corrected chi connectivity index (χ3v) is 3.81. The minimum Gasteiger partial charge on any atom is -0.347 e. The molecule has 0 spiro atoms. The zero-order valence-electron chi connectivity index (χ0n) is 13.7. The van der Waals surface area contributed by atoms with Crippen molar-refractivity contribution in [2.75, 3.05) is 0 Å². The van der Waals surface area contributed by atoms with Crippen molar-refractivity contribution in [1.82, 2.24) is 4.57 Å². The summed E-state index contributed by atoms with van der Waals surface area (Å²) < 4.78 is 2.34. The molecule has 1 aromatic carbocycles. The van der Waals surface area contributed by atoms with Crippen LogP contribution in [0.15, 0.2) is 29.8 Å². The number of fused-ring (bicyclic) bond motifs is 1. The van der Waals surface area contributed by atoms with Crippen molar-refractivity contribution < 1.29 is 0 Å². The van der Waals surface area contributed by atoms with Crippen molar-refractivity contribution in [3.05, 3.63) is 41.1 Å². The number of hydrogen-bond donors (Lipinski definition) is 0. The molecule has 0 radical (unpaired) electrons. The average Bonchev–Trinajstić information content (AvgIpc) is 2.61. The smallest absolute Gasteiger partial charge is 0.0486 e. The number of hydrogen-bond acceptors (Lipinski definition) is 0. The fourth-order valence-electron chi connectivity index (χ4n) is 3.20. The monoisotopic (exact) mass is 269 g/mol. The number of aryl methyl sites for hydroxylation is 1. The molecular formula is C19H27N. The highest BCUT2D eigenvalue weighted by Crippen LogP contribution is 2.30. The molecule has 0 fully saturated rings. The lowest BCUT2D eigenvalue weighted by molar-refractivity contribution is 0.411. The maximum Gasteiger partial charge on any atom is 0.0486 e. The van der Waals surface area contributed by atoms with E-state index in [-0.39, 0.29) is 0 Å². The summed E-state index contributed by atoms with van der Waals surface area (Å²) in [5.74, 6) is 0. The molecule has 1 aromatic heterocycles. The first-order valence-corrected chi connectivity index (χ1v) is 7.57. The van der Waals surface area contributed by atoms with Crippen LogP contribution >= 0.6 is 0 Å². The molecule has 2 aromatic rings. The Balaban J connectivity index is 2.56. The Bertz CT molecular complexity index is 636. The summed E-state index contributed by atoms with van der Waals surface area (Å²) in [6.07, 6.45) is 4.60. The lowest BCUT2D eigenvalue weighted by Crippen LogP contribution is -2.05. The molecule has 1 heteroatoms. The van der Waals surface area contributed by atoms with Crippen LogP contribution in [-0.4, -0.2) is 4.57 Å². The molecule has 0 N–H and O–H groups in total. The summed E-state index contributed by atoms with van der Waals surface area (Å²) in [6.45, 7) is 11.4. The maximum atomic E-state index is 2.40. The topological polar surface area (TPSA) is 4.93 Å². The summed E-state index contributed by atoms with van der Waals surface area (Å²) in [4.78, 5) is 0. The quantitative estimate of drug-likeness (QED) is 0.685. The van der Waals surface area contributed by atoms with E-state index < -0.39 is 0 Å². The second-order valence-electron chi connectivity index (χ2n) is 7.02. The Morgan fingerprint density at radius 3 is 2.45 bits per heavy atom. The molecule has 0 amide bonds. The lowest BCUT2D eigenvalue weighted by atomic mass is 9.87. The molecule has 0 aliphatic heterocycles. The number of para-hydroxylation sites is 1. The summed E-state index contributed by atoms with van der Waals surface area (Å²) in [5, 5.41) is 1.38. The average molecular weight is 269 g/mol. The number of benzene rings is 1. The van der Waals surface area contributed by atoms with E-state index in [1.165, 1.54) is 27.7 Å². The van der Waals surface area contributed by atoms with Gasteiger partial charge in [0.25, 0.3) is 0 Å². The van der Waals surface area contributed by atoms with Gasteiger partial charge in [0.05, 0.1) is 0 Å². The minimum absolute atomic E-state index is 0.345. The van der Waals surface area contributed by atoms with Gasteiger partial charge in [-0.3, -0.25) is 0 Å². The summed E-state index contributed by atoms with van der Waals surface area (Å²) in [6, 6.07) is 8.71. The Hall–Kier alpha value is -1.50. The van der Waals surface area contributed by atoms with Crippen molar-refractivity contribution >= 4 is 17.0 Å². The zero-order valence-corrected chi connectivity index (χ0v) is 13.7. The van der Waals surface area contributed by atoms with Crippen LogP contribution in [0.3, 0.4) is 0 Å². The third kappa shape index (κ3) is 2.98. The van der Waals surface area contributed by atoms with Gasteiger partial charge in [-0.2, -0.15) is 0 Å². The van der Waals surface area contributed by atoms with Gasteiger partial charge in [-0.15, -0.1) is 0 Å². The summed E-state index contributed by atoms with van der Waals surface area (Å²) in [7, 11) is 2.18. The van der Waals surface area contributed by atoms with E-state index in [4.69, 9.17) is 0 Å². The first kappa shape index (κ1) is 14.9. The van der Waals surface area contributed by atoms with Crippen molar-refractivity contribution in [3.63, 3.8) is 0 Å². The summed E-state index contributed by atoms with van der Waals surface area (Å²) >= 11 is 0. The molecule has 1 heterocycles. The zero-order chi connectivity index (χ0) is 14.9. The third-order valence-electron chi connectivity index (χ3n) is 3.81. The molecule has 0 saturated carbocycles. The van der Waals surface area contributed by atoms with Crippen LogP contribution in [0.4, 0.5) is 0 Å². The number of rotatable bonds is 3. The SMILES string of the molecule is CCc1c(/C=C(\C)CC(C)(C)C)c2ccccc2n1C. The van der Waals surface area contributed by atoms with Crippen molar-refractivity contribution in [3.8, 4) is 0 Å². The van der Waals surface area contributed by atoms with E-state index in [1.54, 1.807) is 0 Å². The van der Waals surface area contributed by atoms with E-state index in [0.717, 1.165) is 12.8 Å². The van der Waals surface area contributed by atoms with Crippen LogP contribution in [0, 0.1) is 5.41 Å². The Labute approximate surface area is 123 Å². The molecule has 1 nitrogen and oxygen atoms in total. The Morgan fingerprint density at radius 1 is 1.20 bits per heavy atom. The standard InChI is InChI=1S/C19H27N/c1-7-17-16(12-14(2)13-19(3,4)5)15-10-8-9-11-18(15)20(17)6/h8-12H,7,13H2,1-6H3/b14-12+. The van der Waals surface area contributed by atoms with Gasteiger partial charge in [-0.05, 0) is 31.2 Å². The van der Waals surface area contributed by atoms with Gasteiger partial charge in [0.1, 0.15) is 0 Å². The van der Waals surface area contributed by atoms with E-state index in [9.17, 15) is 0 Å². The molecule has 0 aliphatic carbocycles. The van der Waals surface area contributed by atoms with E-state index >= 15 is 0 Å². The van der Waals surface area contributed by atoms with Crippen molar-refractivity contribution in [1.29, 1.82) is 0 Å². The first-order chi connectivity index (χ1) is 9.33. The molecule has 0 bridgehead atoms. The van der Waals surface area contributed by atoms with Gasteiger partial charge in [0.2, 0.25) is 0 Å². The molecular weight excluding hydrogens is 242 g/mol. The molecule has 0 saturated heterocycles. The largest absolute Gasteiger partial charge is 0.347 e. The predicted octanol–water partition coefficient (Wildman–Crippen LogP) is 5.58. The van der Waals surface area contributed by atoms with Crippen LogP contribution < -0.4 is 0 Å². The Kier molecular flexibility index (Phi) is 4.08. The van der Waals surface area contributed by atoms with Crippen molar-refractivity contribution in [2.45, 2.75) is 47.5 Å². The van der Waals surface area contributed by atoms with Crippen LogP contribution in [0.2, 0.25) is 0 Å². The van der Waals surface area contributed by atoms with E-state index in [1.807, 2.05) is 0 Å². The lowest BCUT2D eigenvalue weighted by Gasteiger charge is -2.18. The van der Waals surface area contributed by atoms with Gasteiger partial charge in [-0.25, -0.2) is 0 Å². The fraction of sp³-hybridized carbons (Fsp3) is 0.474. The second-order valence-corrected chi connectivity index (χ2v) is 7.02. The molecule has 20 heavy (non-hydrogen) atoms. The predicted molar refractivity (Wildman–Crippen MR) is 90.0 cm³/mol. The van der Waals surface area contributed by atoms with Gasteiger partial charge in [0, 0.05) is 29.2 Å². The highest BCUT2D eigenvalue weighted by atomic mass is 14.9. The second kappa shape index (κ2) is 5.47. The number of allylic oxidation sites excluding steroid dienone is 1. The molecule has 0 aliphatic rings. The summed E-state index contributed by atoms with van der Waals surface area (Å²) in [5.41, 5.74) is 5.98. The van der Waals surface area contributed by atoms with E-state index in [2.05, 4.69) is 76.6 Å². The normalized spacial score (nSPS) is 13.2. The van der Waals surface area contributed by atoms with Gasteiger partial charge in [-0.1, -0.05) is 57.5 Å². The van der Waals surface area contributed by atoms with Crippen molar-refractivity contribution in [2.24, 2.45) is 12.5 Å². The minimum atomic E-state index is 0.345. The Morgan fingerprint density at radius 2 is 1.85 bits per heavy atom. The molecule has 108 valence electrons. The molecule has 0 atom stereocenters. The molecule has 0 unspecified atom stereocenters. The van der Waals surface area contributed by atoms with Crippen LogP contribution in [0.1, 0.15) is 52.3 Å². The number of nitrogens with zero attached hydrogens (tertiary/aromatic N) is 1. The van der Waals surface area contributed by atoms with Crippen LogP contribution in [0.25, 0.3) is 17.0 Å². The number of aromatic nitrogens is 1. The highest BCUT2D eigenvalue weighted by Gasteiger charge is 2.14. The van der Waals surface area contributed by atoms with E-state index in [0.29, 0.717) is 5.41 Å². The van der Waals surface area contributed by atoms with Crippen LogP contribution in [0.5, 0.6) is 0 Å². The molecule has 2 rings (SSSR count). The van der Waals surface area contributed by atoms with Gasteiger partial charge < -0.3 is 4.57 Å². The highest BCUT2D eigenvalue weighted by molar-refractivity contribution is 5.91. The fourth-order valence-corrected chi connectivity index (χ4v) is 3.20. The van der Waals surface area contributed by atoms with Crippen LogP contribution in [-0.2, 0) is 13.5 Å². The van der Waals surface area contributed by atoms with Gasteiger partial charge in [0.15, 0.2) is 0 Å². The maximum absolute atomic E-state index is 2.40. The first-order valence-electron chi connectivity index (χ1n) is 7.57. The van der Waals surface area contributed by atoms with Gasteiger partial charge >= 0.3 is 0 Å².